The molecule has 2 atom stereocenters. The summed E-state index contributed by atoms with van der Waals surface area (Å²) in [5.41, 5.74) is 14.0. The van der Waals surface area contributed by atoms with Gasteiger partial charge < -0.3 is 11.5 Å². The number of pyridine rings is 1. The molecule has 1 saturated carbocycles. The maximum absolute atomic E-state index is 6.72. The molecule has 106 valence electrons. The first kappa shape index (κ1) is 14.5. The highest BCUT2D eigenvalue weighted by molar-refractivity contribution is 5.12. The summed E-state index contributed by atoms with van der Waals surface area (Å²) in [7, 11) is 0. The van der Waals surface area contributed by atoms with Crippen LogP contribution in [0.1, 0.15) is 45.7 Å². The molecule has 1 aliphatic carbocycles. The van der Waals surface area contributed by atoms with Gasteiger partial charge >= 0.3 is 0 Å². The van der Waals surface area contributed by atoms with E-state index in [0.29, 0.717) is 6.54 Å². The van der Waals surface area contributed by atoms with Crippen molar-refractivity contribution < 1.29 is 0 Å². The summed E-state index contributed by atoms with van der Waals surface area (Å²) < 4.78 is 0. The van der Waals surface area contributed by atoms with Crippen LogP contribution in [-0.4, -0.2) is 17.1 Å². The Hall–Kier alpha value is -0.930. The third-order valence-corrected chi connectivity index (χ3v) is 4.27. The van der Waals surface area contributed by atoms with Crippen molar-refractivity contribution in [3.05, 3.63) is 30.1 Å². The van der Waals surface area contributed by atoms with Gasteiger partial charge in [-0.15, -0.1) is 0 Å². The van der Waals surface area contributed by atoms with Crippen molar-refractivity contribution in [2.45, 2.75) is 52.0 Å². The average molecular weight is 261 g/mol. The van der Waals surface area contributed by atoms with E-state index in [2.05, 4.69) is 31.8 Å². The first-order chi connectivity index (χ1) is 8.76. The highest BCUT2D eigenvalue weighted by Crippen LogP contribution is 2.49. The van der Waals surface area contributed by atoms with Gasteiger partial charge in [-0.25, -0.2) is 0 Å². The van der Waals surface area contributed by atoms with E-state index in [1.165, 1.54) is 0 Å². The minimum atomic E-state index is -0.190. The summed E-state index contributed by atoms with van der Waals surface area (Å²) in [6, 6.07) is 6.04. The predicted octanol–water partition coefficient (Wildman–Crippen LogP) is 2.50. The molecule has 0 spiro atoms. The van der Waals surface area contributed by atoms with Crippen molar-refractivity contribution in [2.24, 2.45) is 22.3 Å². The molecule has 1 aromatic rings. The number of hydrogen-bond donors (Lipinski definition) is 2. The third kappa shape index (κ3) is 3.54. The smallest absolute Gasteiger partial charge is 0.0421 e. The molecule has 1 heterocycles. The maximum atomic E-state index is 6.72. The monoisotopic (exact) mass is 261 g/mol. The molecule has 0 radical (unpaired) electrons. The summed E-state index contributed by atoms with van der Waals surface area (Å²) in [5, 5.41) is 0. The molecule has 19 heavy (non-hydrogen) atoms. The Morgan fingerprint density at radius 3 is 2.47 bits per heavy atom. The van der Waals surface area contributed by atoms with Gasteiger partial charge in [-0.2, -0.15) is 0 Å². The van der Waals surface area contributed by atoms with Crippen LogP contribution in [-0.2, 0) is 6.42 Å². The van der Waals surface area contributed by atoms with Crippen LogP contribution >= 0.6 is 0 Å². The molecule has 3 nitrogen and oxygen atoms in total. The molecular weight excluding hydrogens is 234 g/mol. The molecule has 1 aliphatic rings. The topological polar surface area (TPSA) is 64.9 Å². The fraction of sp³-hybridized carbons (Fsp3) is 0.688. The third-order valence-electron chi connectivity index (χ3n) is 4.27. The van der Waals surface area contributed by atoms with Crippen LogP contribution < -0.4 is 11.5 Å². The first-order valence-corrected chi connectivity index (χ1v) is 7.15. The summed E-state index contributed by atoms with van der Waals surface area (Å²) in [4.78, 5) is 4.43. The molecule has 3 heteroatoms. The Bertz CT molecular complexity index is 429. The van der Waals surface area contributed by atoms with E-state index >= 15 is 0 Å². The molecule has 0 amide bonds. The van der Waals surface area contributed by atoms with E-state index in [-0.39, 0.29) is 16.4 Å². The van der Waals surface area contributed by atoms with Gasteiger partial charge in [0.05, 0.1) is 0 Å². The van der Waals surface area contributed by atoms with Crippen molar-refractivity contribution >= 4 is 0 Å². The quantitative estimate of drug-likeness (QED) is 0.878. The van der Waals surface area contributed by atoms with Gasteiger partial charge in [0.1, 0.15) is 0 Å². The predicted molar refractivity (Wildman–Crippen MR) is 79.7 cm³/mol. The number of nitrogens with zero attached hydrogens (tertiary/aromatic N) is 1. The number of rotatable bonds is 3. The lowest BCUT2D eigenvalue weighted by atomic mass is 9.57. The normalized spacial score (nSPS) is 34.2. The van der Waals surface area contributed by atoms with Crippen molar-refractivity contribution in [3.63, 3.8) is 0 Å². The summed E-state index contributed by atoms with van der Waals surface area (Å²) in [6.45, 7) is 7.59. The molecule has 4 N–H and O–H groups in total. The van der Waals surface area contributed by atoms with E-state index in [9.17, 15) is 0 Å². The summed E-state index contributed by atoms with van der Waals surface area (Å²) >= 11 is 0. The zero-order chi connectivity index (χ0) is 14.1. The Labute approximate surface area is 116 Å². The van der Waals surface area contributed by atoms with Crippen LogP contribution in [0.3, 0.4) is 0 Å². The van der Waals surface area contributed by atoms with Crippen molar-refractivity contribution in [2.75, 3.05) is 6.54 Å². The SMILES string of the molecule is CC1(C)CC(C)(CN)CC(N)(Cc2ccccn2)C1. The molecule has 1 aromatic heterocycles. The first-order valence-electron chi connectivity index (χ1n) is 7.15. The minimum Gasteiger partial charge on any atom is -0.330 e. The van der Waals surface area contributed by atoms with E-state index in [1.54, 1.807) is 0 Å². The maximum Gasteiger partial charge on any atom is 0.0421 e. The zero-order valence-corrected chi connectivity index (χ0v) is 12.4. The molecule has 2 unspecified atom stereocenters. The second-order valence-electron chi connectivity index (χ2n) is 7.57. The van der Waals surface area contributed by atoms with E-state index in [4.69, 9.17) is 11.5 Å². The van der Waals surface area contributed by atoms with Crippen LogP contribution in [0.5, 0.6) is 0 Å². The van der Waals surface area contributed by atoms with Crippen molar-refractivity contribution in [1.82, 2.24) is 4.98 Å². The van der Waals surface area contributed by atoms with E-state index in [1.807, 2.05) is 18.3 Å². The lowest BCUT2D eigenvalue weighted by molar-refractivity contribution is 0.0416. The molecule has 2 rings (SSSR count). The Morgan fingerprint density at radius 1 is 1.16 bits per heavy atom. The lowest BCUT2D eigenvalue weighted by Crippen LogP contribution is -2.55. The number of hydrogen-bond acceptors (Lipinski definition) is 3. The molecular formula is C16H27N3. The van der Waals surface area contributed by atoms with Crippen LogP contribution in [0.4, 0.5) is 0 Å². The fourth-order valence-corrected chi connectivity index (χ4v) is 4.28. The lowest BCUT2D eigenvalue weighted by Gasteiger charge is -2.51. The van der Waals surface area contributed by atoms with Crippen LogP contribution in [0.2, 0.25) is 0 Å². The van der Waals surface area contributed by atoms with Gasteiger partial charge in [-0.3, -0.25) is 4.98 Å². The largest absolute Gasteiger partial charge is 0.330 e. The molecule has 1 fully saturated rings. The van der Waals surface area contributed by atoms with Gasteiger partial charge in [0.2, 0.25) is 0 Å². The van der Waals surface area contributed by atoms with Gasteiger partial charge in [-0.05, 0) is 48.8 Å². The number of aromatic nitrogens is 1. The van der Waals surface area contributed by atoms with Crippen LogP contribution in [0.25, 0.3) is 0 Å². The average Bonchev–Trinajstić information content (AvgIpc) is 2.26. The summed E-state index contributed by atoms with van der Waals surface area (Å²) in [6.07, 6.45) is 5.85. The van der Waals surface area contributed by atoms with Crippen molar-refractivity contribution in [1.29, 1.82) is 0 Å². The van der Waals surface area contributed by atoms with Crippen LogP contribution in [0.15, 0.2) is 24.4 Å². The van der Waals surface area contributed by atoms with Crippen molar-refractivity contribution in [3.8, 4) is 0 Å². The molecule has 0 bridgehead atoms. The van der Waals surface area contributed by atoms with E-state index < -0.39 is 0 Å². The minimum absolute atomic E-state index is 0.144. The fourth-order valence-electron chi connectivity index (χ4n) is 4.28. The molecule has 0 saturated heterocycles. The van der Waals surface area contributed by atoms with Gasteiger partial charge in [0, 0.05) is 23.9 Å². The highest BCUT2D eigenvalue weighted by atomic mass is 14.8. The zero-order valence-electron chi connectivity index (χ0n) is 12.4. The Morgan fingerprint density at radius 2 is 1.89 bits per heavy atom. The second kappa shape index (κ2) is 4.88. The second-order valence-corrected chi connectivity index (χ2v) is 7.57. The molecule has 0 aromatic carbocycles. The Balaban J connectivity index is 2.21. The van der Waals surface area contributed by atoms with E-state index in [0.717, 1.165) is 31.4 Å². The van der Waals surface area contributed by atoms with Crippen LogP contribution in [0, 0.1) is 10.8 Å². The van der Waals surface area contributed by atoms with Gasteiger partial charge in [0.15, 0.2) is 0 Å². The molecule has 0 aliphatic heterocycles. The van der Waals surface area contributed by atoms with Gasteiger partial charge in [-0.1, -0.05) is 26.8 Å². The number of nitrogens with two attached hydrogens (primary N) is 2. The summed E-state index contributed by atoms with van der Waals surface area (Å²) in [5.74, 6) is 0. The standard InChI is InChI=1S/C16H27N3/c1-14(2)9-15(3,12-17)11-16(18,10-14)8-13-6-4-5-7-19-13/h4-7H,8-12,17-18H2,1-3H3. The highest BCUT2D eigenvalue weighted by Gasteiger charge is 2.46. The van der Waals surface area contributed by atoms with Gasteiger partial charge in [0.25, 0.3) is 0 Å². The Kier molecular flexibility index (Phi) is 3.72.